The number of carbonyl (C=O) groups excluding carboxylic acids is 1. The lowest BCUT2D eigenvalue weighted by molar-refractivity contribution is -0.121. The summed E-state index contributed by atoms with van der Waals surface area (Å²) in [6.07, 6.45) is 1.83. The molecule has 144 valence electrons. The molecule has 0 aliphatic rings. The highest BCUT2D eigenvalue weighted by molar-refractivity contribution is 5.93. The lowest BCUT2D eigenvalue weighted by Gasteiger charge is -2.17. The van der Waals surface area contributed by atoms with Crippen LogP contribution in [-0.4, -0.2) is 26.2 Å². The SMILES string of the molecule is CCc1[nH]nc2cc(C(C)C(=O)C(C)c3ccc4c(CC)[nH]nc4c3)ccc12. The summed E-state index contributed by atoms with van der Waals surface area (Å²) in [5.41, 5.74) is 6.12. The third-order valence-electron chi connectivity index (χ3n) is 5.88. The quantitative estimate of drug-likeness (QED) is 0.496. The van der Waals surface area contributed by atoms with E-state index in [0.717, 1.165) is 57.2 Å². The van der Waals surface area contributed by atoms with Crippen molar-refractivity contribution in [3.63, 3.8) is 0 Å². The first-order chi connectivity index (χ1) is 13.5. The predicted octanol–water partition coefficient (Wildman–Crippen LogP) is 5.04. The third kappa shape index (κ3) is 3.01. The molecule has 5 heteroatoms. The van der Waals surface area contributed by atoms with E-state index < -0.39 is 0 Å². The van der Waals surface area contributed by atoms with Gasteiger partial charge >= 0.3 is 0 Å². The first kappa shape index (κ1) is 18.4. The minimum absolute atomic E-state index is 0.192. The number of carbonyl (C=O) groups is 1. The Hall–Kier alpha value is -2.95. The van der Waals surface area contributed by atoms with Gasteiger partial charge in [0.1, 0.15) is 5.78 Å². The Balaban J connectivity index is 1.61. The van der Waals surface area contributed by atoms with Crippen LogP contribution in [0.1, 0.15) is 62.0 Å². The highest BCUT2D eigenvalue weighted by Crippen LogP contribution is 2.30. The standard InChI is InChI=1S/C23H26N4O/c1-5-19-17-9-7-15(11-21(17)26-24-19)13(3)23(28)14(4)16-8-10-18-20(6-2)25-27-22(18)12-16/h7-14H,5-6H2,1-4H3,(H,24,26)(H,25,27). The van der Waals surface area contributed by atoms with Crippen molar-refractivity contribution in [3.05, 3.63) is 58.9 Å². The summed E-state index contributed by atoms with van der Waals surface area (Å²) in [4.78, 5) is 13.2. The van der Waals surface area contributed by atoms with Gasteiger partial charge in [-0.3, -0.25) is 15.0 Å². The van der Waals surface area contributed by atoms with Crippen molar-refractivity contribution in [3.8, 4) is 0 Å². The van der Waals surface area contributed by atoms with Gasteiger partial charge < -0.3 is 0 Å². The van der Waals surface area contributed by atoms with Crippen molar-refractivity contribution in [2.24, 2.45) is 0 Å². The molecule has 2 heterocycles. The van der Waals surface area contributed by atoms with E-state index in [0.29, 0.717) is 0 Å². The Labute approximate surface area is 164 Å². The van der Waals surface area contributed by atoms with Crippen LogP contribution < -0.4 is 0 Å². The molecule has 4 aromatic rings. The van der Waals surface area contributed by atoms with Crippen LogP contribution in [0.4, 0.5) is 0 Å². The molecule has 4 rings (SSSR count). The number of aryl methyl sites for hydroxylation is 2. The average molecular weight is 374 g/mol. The molecule has 2 aromatic heterocycles. The summed E-state index contributed by atoms with van der Waals surface area (Å²) in [6, 6.07) is 12.3. The topological polar surface area (TPSA) is 74.4 Å². The number of benzene rings is 2. The van der Waals surface area contributed by atoms with Crippen molar-refractivity contribution in [1.29, 1.82) is 0 Å². The molecule has 0 fully saturated rings. The highest BCUT2D eigenvalue weighted by Gasteiger charge is 2.24. The summed E-state index contributed by atoms with van der Waals surface area (Å²) in [6.45, 7) is 8.17. The largest absolute Gasteiger partial charge is 0.298 e. The van der Waals surface area contributed by atoms with Gasteiger partial charge in [0, 0.05) is 34.0 Å². The van der Waals surface area contributed by atoms with Crippen LogP contribution in [0, 0.1) is 0 Å². The normalized spacial score (nSPS) is 13.9. The first-order valence-corrected chi connectivity index (χ1v) is 10.0. The van der Waals surface area contributed by atoms with Crippen LogP contribution in [0.3, 0.4) is 0 Å². The molecule has 2 atom stereocenters. The molecule has 2 unspecified atom stereocenters. The Morgan fingerprint density at radius 1 is 0.821 bits per heavy atom. The van der Waals surface area contributed by atoms with E-state index in [9.17, 15) is 4.79 Å². The zero-order chi connectivity index (χ0) is 19.8. The zero-order valence-electron chi connectivity index (χ0n) is 16.8. The van der Waals surface area contributed by atoms with E-state index in [1.165, 1.54) is 0 Å². The van der Waals surface area contributed by atoms with E-state index in [2.05, 4.69) is 58.5 Å². The Bertz CT molecular complexity index is 1060. The number of aromatic nitrogens is 4. The van der Waals surface area contributed by atoms with Crippen LogP contribution in [-0.2, 0) is 17.6 Å². The average Bonchev–Trinajstić information content (AvgIpc) is 3.34. The minimum atomic E-state index is -0.192. The number of ketones is 1. The van der Waals surface area contributed by atoms with Crippen molar-refractivity contribution in [2.45, 2.75) is 52.4 Å². The van der Waals surface area contributed by atoms with Crippen LogP contribution in [0.15, 0.2) is 36.4 Å². The van der Waals surface area contributed by atoms with Crippen LogP contribution in [0.5, 0.6) is 0 Å². The van der Waals surface area contributed by atoms with E-state index in [1.54, 1.807) is 0 Å². The molecule has 0 amide bonds. The zero-order valence-corrected chi connectivity index (χ0v) is 16.8. The fourth-order valence-corrected chi connectivity index (χ4v) is 3.95. The molecule has 28 heavy (non-hydrogen) atoms. The van der Waals surface area contributed by atoms with E-state index in [1.807, 2.05) is 26.0 Å². The number of H-pyrrole nitrogens is 2. The van der Waals surface area contributed by atoms with Gasteiger partial charge in [0.2, 0.25) is 0 Å². The van der Waals surface area contributed by atoms with Gasteiger partial charge in [-0.15, -0.1) is 0 Å². The second kappa shape index (κ2) is 7.23. The number of aromatic amines is 2. The van der Waals surface area contributed by atoms with Gasteiger partial charge in [0.05, 0.1) is 11.0 Å². The smallest absolute Gasteiger partial charge is 0.147 e. The maximum atomic E-state index is 13.2. The van der Waals surface area contributed by atoms with Crippen molar-refractivity contribution < 1.29 is 4.79 Å². The van der Waals surface area contributed by atoms with Gasteiger partial charge in [0.15, 0.2) is 0 Å². The van der Waals surface area contributed by atoms with Crippen molar-refractivity contribution in [1.82, 2.24) is 20.4 Å². The summed E-state index contributed by atoms with van der Waals surface area (Å²) >= 11 is 0. The van der Waals surface area contributed by atoms with Crippen LogP contribution in [0.25, 0.3) is 21.8 Å². The molecule has 0 spiro atoms. The second-order valence-electron chi connectivity index (χ2n) is 7.51. The maximum Gasteiger partial charge on any atom is 0.147 e. The van der Waals surface area contributed by atoms with E-state index in [-0.39, 0.29) is 17.6 Å². The van der Waals surface area contributed by atoms with E-state index >= 15 is 0 Å². The van der Waals surface area contributed by atoms with Gasteiger partial charge in [-0.2, -0.15) is 10.2 Å². The third-order valence-corrected chi connectivity index (χ3v) is 5.88. The molecule has 0 saturated carbocycles. The first-order valence-electron chi connectivity index (χ1n) is 10.0. The summed E-state index contributed by atoms with van der Waals surface area (Å²) in [5, 5.41) is 17.2. The molecule has 0 aliphatic heterocycles. The lowest BCUT2D eigenvalue weighted by Crippen LogP contribution is -2.16. The number of Topliss-reactive ketones (excluding diaryl/α,β-unsaturated/α-hetero) is 1. The molecule has 0 bridgehead atoms. The minimum Gasteiger partial charge on any atom is -0.298 e. The molecule has 2 N–H and O–H groups in total. The molecule has 0 aliphatic carbocycles. The number of nitrogens with one attached hydrogen (secondary N) is 2. The fraction of sp³-hybridized carbons (Fsp3) is 0.348. The molecular weight excluding hydrogens is 348 g/mol. The summed E-state index contributed by atoms with van der Waals surface area (Å²) in [7, 11) is 0. The molecule has 2 aromatic carbocycles. The maximum absolute atomic E-state index is 13.2. The lowest BCUT2D eigenvalue weighted by atomic mass is 9.85. The Morgan fingerprint density at radius 2 is 1.25 bits per heavy atom. The fourth-order valence-electron chi connectivity index (χ4n) is 3.95. The van der Waals surface area contributed by atoms with Crippen molar-refractivity contribution >= 4 is 27.6 Å². The van der Waals surface area contributed by atoms with Gasteiger partial charge in [0.25, 0.3) is 0 Å². The van der Waals surface area contributed by atoms with Gasteiger partial charge in [-0.25, -0.2) is 0 Å². The second-order valence-corrected chi connectivity index (χ2v) is 7.51. The Kier molecular flexibility index (Phi) is 4.75. The van der Waals surface area contributed by atoms with E-state index in [4.69, 9.17) is 0 Å². The molecule has 0 saturated heterocycles. The number of rotatable bonds is 6. The van der Waals surface area contributed by atoms with Crippen LogP contribution >= 0.6 is 0 Å². The molecule has 0 radical (unpaired) electrons. The van der Waals surface area contributed by atoms with Gasteiger partial charge in [-0.1, -0.05) is 52.0 Å². The summed E-state index contributed by atoms with van der Waals surface area (Å²) in [5.74, 6) is -0.180. The molecular formula is C23H26N4O. The number of hydrogen-bond acceptors (Lipinski definition) is 3. The number of hydrogen-bond donors (Lipinski definition) is 2. The van der Waals surface area contributed by atoms with Crippen molar-refractivity contribution in [2.75, 3.05) is 0 Å². The number of nitrogens with zero attached hydrogens (tertiary/aromatic N) is 2. The predicted molar refractivity (Wildman–Crippen MR) is 113 cm³/mol. The van der Waals surface area contributed by atoms with Gasteiger partial charge in [-0.05, 0) is 36.1 Å². The Morgan fingerprint density at radius 3 is 1.64 bits per heavy atom. The molecule has 5 nitrogen and oxygen atoms in total. The number of fused-ring (bicyclic) bond motifs is 2. The monoisotopic (exact) mass is 374 g/mol. The van der Waals surface area contributed by atoms with Crippen LogP contribution in [0.2, 0.25) is 0 Å². The highest BCUT2D eigenvalue weighted by atomic mass is 16.1. The summed E-state index contributed by atoms with van der Waals surface area (Å²) < 4.78 is 0.